The Morgan fingerprint density at radius 2 is 1.38 bits per heavy atom. The molecule has 0 aliphatic heterocycles. The number of hydrogen-bond acceptors (Lipinski definition) is 0. The molecule has 6 aliphatic rings. The van der Waals surface area contributed by atoms with E-state index < -0.39 is 0 Å². The SMILES string of the molecule is CC(C)(C)c1c[c-]c2c(c1)-c1cc(C(C)(C)C)ccc1C2.C[C](C)=[Zr+2].[C-]1=CC(C23CC4CC(CC(C4)C2)C3)=CC1. The summed E-state index contributed by atoms with van der Waals surface area (Å²) in [6, 6.07) is 15.1. The maximum atomic E-state index is 3.53. The summed E-state index contributed by atoms with van der Waals surface area (Å²) in [5, 5.41) is 0. The Hall–Kier alpha value is -1.33. The van der Waals surface area contributed by atoms with Crippen LogP contribution in [-0.2, 0) is 41.5 Å². The van der Waals surface area contributed by atoms with E-state index in [4.69, 9.17) is 0 Å². The molecule has 0 saturated heterocycles. The van der Waals surface area contributed by atoms with Crippen LogP contribution in [0.1, 0.15) is 123 Å². The van der Waals surface area contributed by atoms with Gasteiger partial charge in [0.2, 0.25) is 0 Å². The first-order chi connectivity index (χ1) is 18.7. The third-order valence-electron chi connectivity index (χ3n) is 9.87. The molecule has 8 rings (SSSR count). The largest absolute Gasteiger partial charge is 0.273 e. The van der Waals surface area contributed by atoms with Crippen molar-refractivity contribution in [2.24, 2.45) is 23.2 Å². The summed E-state index contributed by atoms with van der Waals surface area (Å²) in [6.45, 7) is 17.9. The van der Waals surface area contributed by atoms with Crippen LogP contribution in [-0.4, -0.2) is 3.21 Å². The monoisotopic (exact) mass is 608 g/mol. The van der Waals surface area contributed by atoms with Gasteiger partial charge in [-0.25, -0.2) is 6.08 Å². The maximum absolute atomic E-state index is 3.53. The molecule has 0 aromatic heterocycles. The van der Waals surface area contributed by atoms with Crippen LogP contribution in [0.2, 0.25) is 0 Å². The zero-order valence-electron chi connectivity index (χ0n) is 26.4. The predicted octanol–water partition coefficient (Wildman–Crippen LogP) is 10.3. The summed E-state index contributed by atoms with van der Waals surface area (Å²) in [5.41, 5.74) is 11.1. The van der Waals surface area contributed by atoms with Crippen molar-refractivity contribution < 1.29 is 24.2 Å². The quantitative estimate of drug-likeness (QED) is 0.241. The fraction of sp³-hybridized carbons (Fsp3) is 0.564. The molecular weight excluding hydrogens is 560 g/mol. The molecule has 4 saturated carbocycles. The molecule has 0 amide bonds. The second kappa shape index (κ2) is 11.4. The van der Waals surface area contributed by atoms with Crippen molar-refractivity contribution >= 4 is 3.21 Å². The number of rotatable bonds is 1. The molecule has 0 heterocycles. The Morgan fingerprint density at radius 3 is 1.88 bits per heavy atom. The Balaban J connectivity index is 0.000000148. The van der Waals surface area contributed by atoms with E-state index in [-0.39, 0.29) is 10.8 Å². The first kappa shape index (κ1) is 30.1. The third kappa shape index (κ3) is 6.51. The van der Waals surface area contributed by atoms with Gasteiger partial charge in [-0.15, -0.1) is 12.0 Å². The van der Waals surface area contributed by atoms with Crippen LogP contribution < -0.4 is 0 Å². The van der Waals surface area contributed by atoms with Crippen molar-refractivity contribution in [2.45, 2.75) is 118 Å². The Morgan fingerprint density at radius 1 is 0.825 bits per heavy atom. The van der Waals surface area contributed by atoms with Crippen LogP contribution in [0.3, 0.4) is 0 Å². The smallest absolute Gasteiger partial charge is 0.0415 e. The van der Waals surface area contributed by atoms with Crippen LogP contribution in [0, 0.1) is 35.3 Å². The molecule has 0 spiro atoms. The van der Waals surface area contributed by atoms with Gasteiger partial charge >= 0.3 is 41.3 Å². The van der Waals surface area contributed by atoms with E-state index in [1.165, 1.54) is 55.8 Å². The minimum absolute atomic E-state index is 0.177. The molecule has 0 radical (unpaired) electrons. The average Bonchev–Trinajstić information content (AvgIpc) is 3.50. The van der Waals surface area contributed by atoms with Gasteiger partial charge in [0.25, 0.3) is 0 Å². The molecule has 0 N–H and O–H groups in total. The topological polar surface area (TPSA) is 0 Å². The second-order valence-corrected chi connectivity index (χ2v) is 18.2. The van der Waals surface area contributed by atoms with Gasteiger partial charge in [0, 0.05) is 0 Å². The number of fused-ring (bicyclic) bond motifs is 3. The van der Waals surface area contributed by atoms with Gasteiger partial charge in [-0.3, -0.25) is 6.08 Å². The van der Waals surface area contributed by atoms with Gasteiger partial charge in [-0.05, 0) is 54.4 Å². The van der Waals surface area contributed by atoms with E-state index in [9.17, 15) is 0 Å². The Labute approximate surface area is 260 Å². The van der Waals surface area contributed by atoms with Crippen molar-refractivity contribution in [3.63, 3.8) is 0 Å². The zero-order valence-corrected chi connectivity index (χ0v) is 28.9. The van der Waals surface area contributed by atoms with Crippen molar-refractivity contribution in [3.8, 4) is 11.1 Å². The van der Waals surface area contributed by atoms with Gasteiger partial charge in [0.1, 0.15) is 0 Å². The van der Waals surface area contributed by atoms with Gasteiger partial charge in [-0.2, -0.15) is 41.0 Å². The maximum Gasteiger partial charge on any atom is -0.0415 e. The van der Waals surface area contributed by atoms with Gasteiger partial charge in [0.05, 0.1) is 0 Å². The standard InChI is InChI=1S/C21H25.C15H19.C3H6.Zr/c1-20(2,3)16-9-7-14-11-15-8-10-17(21(4,5)6)13-19(15)18(14)12-16;1-2-4-14(3-1)15-8-11-5-12(9-15)7-13(6-11)10-15;1-3-2;/h7,9-10,12-13H,11H2,1-6H3;3-4,11-13H,1,5-10H2;1-2H3;/q2*-1;;+2. The molecule has 6 aliphatic carbocycles. The molecule has 4 fully saturated rings. The second-order valence-electron chi connectivity index (χ2n) is 15.7. The zero-order chi connectivity index (χ0) is 28.9. The molecule has 2 aromatic rings. The van der Waals surface area contributed by atoms with Crippen molar-refractivity contribution in [1.82, 2.24) is 0 Å². The summed E-state index contributed by atoms with van der Waals surface area (Å²) in [7, 11) is 0. The van der Waals surface area contributed by atoms with Crippen LogP contribution in [0.25, 0.3) is 11.1 Å². The molecule has 4 bridgehead atoms. The summed E-state index contributed by atoms with van der Waals surface area (Å²) >= 11 is 1.55. The fourth-order valence-corrected chi connectivity index (χ4v) is 8.22. The summed E-state index contributed by atoms with van der Waals surface area (Å²) in [6.07, 6.45) is 19.4. The average molecular weight is 610 g/mol. The molecule has 2 aromatic carbocycles. The predicted molar refractivity (Wildman–Crippen MR) is 168 cm³/mol. The van der Waals surface area contributed by atoms with Crippen molar-refractivity contribution in [2.75, 3.05) is 0 Å². The molecule has 0 atom stereocenters. The molecule has 210 valence electrons. The first-order valence-electron chi connectivity index (χ1n) is 15.7. The van der Waals surface area contributed by atoms with Crippen LogP contribution >= 0.6 is 0 Å². The van der Waals surface area contributed by atoms with Crippen LogP contribution in [0.4, 0.5) is 0 Å². The molecule has 0 unspecified atom stereocenters. The minimum atomic E-state index is 0.177. The minimum Gasteiger partial charge on any atom is -0.273 e. The van der Waals surface area contributed by atoms with Gasteiger partial charge in [0.15, 0.2) is 0 Å². The molecule has 1 heteroatoms. The van der Waals surface area contributed by atoms with Gasteiger partial charge in [-0.1, -0.05) is 101 Å². The van der Waals surface area contributed by atoms with E-state index in [1.807, 2.05) is 0 Å². The van der Waals surface area contributed by atoms with Crippen molar-refractivity contribution in [3.05, 3.63) is 82.5 Å². The van der Waals surface area contributed by atoms with Crippen molar-refractivity contribution in [1.29, 1.82) is 0 Å². The van der Waals surface area contributed by atoms with E-state index in [0.717, 1.165) is 30.6 Å². The summed E-state index contributed by atoms with van der Waals surface area (Å²) < 4.78 is 1.51. The number of benzene rings is 2. The Bertz CT molecular complexity index is 1220. The number of hydrogen-bond donors (Lipinski definition) is 0. The summed E-state index contributed by atoms with van der Waals surface area (Å²) in [4.78, 5) is 0. The fourth-order valence-electron chi connectivity index (χ4n) is 8.22. The Kier molecular flexibility index (Phi) is 8.59. The van der Waals surface area contributed by atoms with E-state index in [0.29, 0.717) is 5.41 Å². The van der Waals surface area contributed by atoms with Crippen LogP contribution in [0.15, 0.2) is 48.1 Å². The van der Waals surface area contributed by atoms with Gasteiger partial charge < -0.3 is 0 Å². The van der Waals surface area contributed by atoms with E-state index in [1.54, 1.807) is 49.1 Å². The van der Waals surface area contributed by atoms with Crippen LogP contribution in [0.5, 0.6) is 0 Å². The number of allylic oxidation sites excluding steroid dienone is 4. The molecule has 40 heavy (non-hydrogen) atoms. The van der Waals surface area contributed by atoms with E-state index in [2.05, 4.69) is 110 Å². The normalized spacial score (nSPS) is 27.2. The molecule has 0 nitrogen and oxygen atoms in total. The van der Waals surface area contributed by atoms with E-state index >= 15 is 0 Å². The molecular formula is C39H50Zr. The third-order valence-corrected chi connectivity index (χ3v) is 9.87. The first-order valence-corrected chi connectivity index (χ1v) is 16.9. The summed E-state index contributed by atoms with van der Waals surface area (Å²) in [5.74, 6) is 3.23.